The average molecular weight is 331 g/mol. The number of hydrogen-bond acceptors (Lipinski definition) is 8. The van der Waals surface area contributed by atoms with E-state index in [-0.39, 0.29) is 19.6 Å². The minimum atomic E-state index is -2.35. The van der Waals surface area contributed by atoms with Crippen molar-refractivity contribution in [3.8, 4) is 0 Å². The van der Waals surface area contributed by atoms with E-state index >= 15 is 0 Å². The van der Waals surface area contributed by atoms with Crippen molar-refractivity contribution in [1.29, 1.82) is 0 Å². The minimum Gasteiger partial charge on any atom is -0.480 e. The van der Waals surface area contributed by atoms with Gasteiger partial charge in [0.1, 0.15) is 24.7 Å². The molecule has 122 valence electrons. The molecule has 22 heavy (non-hydrogen) atoms. The van der Waals surface area contributed by atoms with E-state index in [1.165, 1.54) is 19.8 Å². The molecule has 1 unspecified atom stereocenters. The largest absolute Gasteiger partial charge is 0.534 e. The van der Waals surface area contributed by atoms with Crippen molar-refractivity contribution in [2.45, 2.75) is 13.0 Å². The summed E-state index contributed by atoms with van der Waals surface area (Å²) in [5.41, 5.74) is 1.29. The van der Waals surface area contributed by atoms with Gasteiger partial charge in [-0.2, -0.15) is 4.89 Å². The SMILES string of the molecule is CNc1ncnc(C)c1N=COC[C@@H](COC)OC[P+](=O)O. The van der Waals surface area contributed by atoms with Crippen LogP contribution in [0.3, 0.4) is 0 Å². The maximum Gasteiger partial charge on any atom is 0.534 e. The van der Waals surface area contributed by atoms with Crippen LogP contribution in [-0.2, 0) is 18.8 Å². The second-order valence-corrected chi connectivity index (χ2v) is 5.16. The molecular formula is C12H20N4O5P+. The topological polar surface area (TPSA) is 115 Å². The molecule has 0 fully saturated rings. The van der Waals surface area contributed by atoms with Crippen molar-refractivity contribution < 1.29 is 23.7 Å². The van der Waals surface area contributed by atoms with Crippen LogP contribution in [0, 0.1) is 6.92 Å². The Balaban J connectivity index is 2.55. The fraction of sp³-hybridized carbons (Fsp3) is 0.583. The van der Waals surface area contributed by atoms with Crippen LogP contribution in [0.5, 0.6) is 0 Å². The van der Waals surface area contributed by atoms with Crippen LogP contribution < -0.4 is 5.32 Å². The highest BCUT2D eigenvalue weighted by atomic mass is 31.1. The molecule has 0 aliphatic carbocycles. The van der Waals surface area contributed by atoms with E-state index in [2.05, 4.69) is 20.3 Å². The lowest BCUT2D eigenvalue weighted by atomic mass is 10.3. The van der Waals surface area contributed by atoms with E-state index in [0.29, 0.717) is 17.2 Å². The predicted octanol–water partition coefficient (Wildman–Crippen LogP) is 1.23. The Morgan fingerprint density at radius 3 is 2.91 bits per heavy atom. The van der Waals surface area contributed by atoms with E-state index in [4.69, 9.17) is 19.1 Å². The molecule has 0 bridgehead atoms. The molecule has 0 aromatic carbocycles. The first-order chi connectivity index (χ1) is 10.6. The van der Waals surface area contributed by atoms with Crippen molar-refractivity contribution >= 4 is 25.9 Å². The highest BCUT2D eigenvalue weighted by Crippen LogP contribution is 2.23. The Kier molecular flexibility index (Phi) is 8.46. The van der Waals surface area contributed by atoms with E-state index in [1.54, 1.807) is 7.05 Å². The standard InChI is InChI=1S/C12H19N4O5P/c1-9-11(12(13-2)15-6-14-9)16-7-20-5-10(4-19-3)21-8-22(17)18/h6-7,10H,4-5,8H2,1-3H3,(H-,13,14,15,17,18)/p+1/t10-/m1/s1. The molecule has 1 heterocycles. The molecular weight excluding hydrogens is 311 g/mol. The molecule has 2 N–H and O–H groups in total. The molecule has 0 radical (unpaired) electrons. The second-order valence-electron chi connectivity index (χ2n) is 4.20. The Labute approximate surface area is 129 Å². The Hall–Kier alpha value is -1.67. The molecule has 1 rings (SSSR count). The van der Waals surface area contributed by atoms with Gasteiger partial charge in [-0.25, -0.2) is 15.0 Å². The van der Waals surface area contributed by atoms with Gasteiger partial charge in [0, 0.05) is 14.2 Å². The molecule has 1 aromatic rings. The number of aryl methyl sites for hydroxylation is 1. The summed E-state index contributed by atoms with van der Waals surface area (Å²) in [6, 6.07) is 0. The van der Waals surface area contributed by atoms with Crippen molar-refractivity contribution in [3.63, 3.8) is 0 Å². The van der Waals surface area contributed by atoms with Crippen LogP contribution in [0.15, 0.2) is 11.3 Å². The molecule has 1 aromatic heterocycles. The summed E-state index contributed by atoms with van der Waals surface area (Å²) in [6.45, 7) is 2.19. The van der Waals surface area contributed by atoms with Gasteiger partial charge in [-0.3, -0.25) is 0 Å². The van der Waals surface area contributed by atoms with Gasteiger partial charge in [0.25, 0.3) is 6.35 Å². The van der Waals surface area contributed by atoms with Gasteiger partial charge in [0.15, 0.2) is 12.2 Å². The zero-order chi connectivity index (χ0) is 16.4. The number of hydrogen-bond donors (Lipinski definition) is 2. The van der Waals surface area contributed by atoms with Gasteiger partial charge in [-0.1, -0.05) is 0 Å². The first-order valence-electron chi connectivity index (χ1n) is 6.46. The number of aliphatic imine (C=N–C) groups is 1. The lowest BCUT2D eigenvalue weighted by Crippen LogP contribution is -2.24. The van der Waals surface area contributed by atoms with E-state index in [9.17, 15) is 4.57 Å². The highest BCUT2D eigenvalue weighted by molar-refractivity contribution is 7.37. The van der Waals surface area contributed by atoms with Gasteiger partial charge in [-0.15, -0.1) is 0 Å². The lowest BCUT2D eigenvalue weighted by Gasteiger charge is -2.13. The summed E-state index contributed by atoms with van der Waals surface area (Å²) in [4.78, 5) is 21.0. The summed E-state index contributed by atoms with van der Waals surface area (Å²) in [5.74, 6) is 0.592. The number of nitrogens with one attached hydrogen (secondary N) is 1. The van der Waals surface area contributed by atoms with Crippen LogP contribution in [0.25, 0.3) is 0 Å². The molecule has 0 aliphatic rings. The fourth-order valence-electron chi connectivity index (χ4n) is 1.54. The van der Waals surface area contributed by atoms with Crippen molar-refractivity contribution in [2.75, 3.05) is 39.0 Å². The number of aromatic nitrogens is 2. The van der Waals surface area contributed by atoms with Crippen LogP contribution in [0.4, 0.5) is 11.5 Å². The van der Waals surface area contributed by atoms with Gasteiger partial charge in [-0.05, 0) is 11.5 Å². The molecule has 0 saturated carbocycles. The minimum absolute atomic E-state index is 0.141. The van der Waals surface area contributed by atoms with Crippen LogP contribution in [0.1, 0.15) is 5.69 Å². The normalized spacial score (nSPS) is 13.2. The van der Waals surface area contributed by atoms with E-state index in [1.807, 2.05) is 6.92 Å². The van der Waals surface area contributed by atoms with E-state index in [0.717, 1.165) is 0 Å². The molecule has 0 amide bonds. The molecule has 10 heteroatoms. The van der Waals surface area contributed by atoms with Gasteiger partial charge in [0.2, 0.25) is 0 Å². The first kappa shape index (κ1) is 18.4. The van der Waals surface area contributed by atoms with Gasteiger partial charge in [0.05, 0.1) is 12.3 Å². The van der Waals surface area contributed by atoms with Crippen molar-refractivity contribution in [2.24, 2.45) is 4.99 Å². The van der Waals surface area contributed by atoms with Crippen molar-refractivity contribution in [3.05, 3.63) is 12.0 Å². The zero-order valence-electron chi connectivity index (χ0n) is 12.7. The molecule has 0 aliphatic heterocycles. The monoisotopic (exact) mass is 331 g/mol. The highest BCUT2D eigenvalue weighted by Gasteiger charge is 2.17. The Morgan fingerprint density at radius 2 is 2.27 bits per heavy atom. The molecule has 0 saturated heterocycles. The Morgan fingerprint density at radius 1 is 1.50 bits per heavy atom. The maximum absolute atomic E-state index is 10.6. The number of anilines is 1. The second kappa shape index (κ2) is 10.1. The number of ether oxygens (including phenoxy) is 3. The summed E-state index contributed by atoms with van der Waals surface area (Å²) in [7, 11) is 0.892. The van der Waals surface area contributed by atoms with E-state index < -0.39 is 14.1 Å². The summed E-state index contributed by atoms with van der Waals surface area (Å²) in [5, 5.41) is 2.91. The van der Waals surface area contributed by atoms with Crippen LogP contribution in [0.2, 0.25) is 0 Å². The third kappa shape index (κ3) is 6.40. The smallest absolute Gasteiger partial charge is 0.480 e. The fourth-order valence-corrected chi connectivity index (χ4v) is 1.88. The number of methoxy groups -OCH3 is 1. The zero-order valence-corrected chi connectivity index (χ0v) is 13.6. The number of rotatable bonds is 10. The van der Waals surface area contributed by atoms with Crippen LogP contribution in [-0.4, -0.2) is 61.1 Å². The first-order valence-corrected chi connectivity index (χ1v) is 7.85. The molecule has 0 spiro atoms. The average Bonchev–Trinajstić information content (AvgIpc) is 2.49. The third-order valence-electron chi connectivity index (χ3n) is 2.55. The van der Waals surface area contributed by atoms with Gasteiger partial charge >= 0.3 is 8.03 Å². The van der Waals surface area contributed by atoms with Gasteiger partial charge < -0.3 is 19.5 Å². The summed E-state index contributed by atoms with van der Waals surface area (Å²) >= 11 is 0. The predicted molar refractivity (Wildman–Crippen MR) is 81.9 cm³/mol. The molecule has 9 nitrogen and oxygen atoms in total. The Bertz CT molecular complexity index is 514. The molecule has 2 atom stereocenters. The van der Waals surface area contributed by atoms with Crippen molar-refractivity contribution in [1.82, 2.24) is 9.97 Å². The third-order valence-corrected chi connectivity index (χ3v) is 2.92. The number of nitrogens with zero attached hydrogens (tertiary/aromatic N) is 3. The lowest BCUT2D eigenvalue weighted by molar-refractivity contribution is -0.00996. The quantitative estimate of drug-likeness (QED) is 0.374. The summed E-state index contributed by atoms with van der Waals surface area (Å²) in [6.07, 6.45) is 1.98. The summed E-state index contributed by atoms with van der Waals surface area (Å²) < 4.78 is 26.0. The maximum atomic E-state index is 10.6. The van der Waals surface area contributed by atoms with Crippen LogP contribution >= 0.6 is 8.03 Å².